The fraction of sp³-hybridized carbons (Fsp3) is 0.739. The maximum Gasteiger partial charge on any atom is 0.0424 e. The van der Waals surface area contributed by atoms with Crippen molar-refractivity contribution in [3.63, 3.8) is 0 Å². The third-order valence-corrected chi connectivity index (χ3v) is 6.37. The van der Waals surface area contributed by atoms with Crippen LogP contribution in [0.25, 0.3) is 0 Å². The third kappa shape index (κ3) is 4.92. The standard InChI is InChI=1S/C23H38N2/c1-2-3-4-5-6-11-19-16-17-20(24)18-23(19)25(21-12-7-8-13-21)22-14-9-10-15-22/h16-18,21-22H,2-15,24H2,1H3. The molecule has 0 heterocycles. The van der Waals surface area contributed by atoms with E-state index in [-0.39, 0.29) is 0 Å². The number of anilines is 2. The maximum absolute atomic E-state index is 6.23. The minimum Gasteiger partial charge on any atom is -0.399 e. The highest BCUT2D eigenvalue weighted by Gasteiger charge is 2.31. The minimum absolute atomic E-state index is 0.753. The fourth-order valence-electron chi connectivity index (χ4n) is 5.01. The van der Waals surface area contributed by atoms with E-state index in [2.05, 4.69) is 30.0 Å². The largest absolute Gasteiger partial charge is 0.399 e. The number of unbranched alkanes of at least 4 members (excludes halogenated alkanes) is 4. The molecule has 0 atom stereocenters. The molecule has 0 spiro atoms. The summed E-state index contributed by atoms with van der Waals surface area (Å²) in [6.45, 7) is 2.29. The zero-order chi connectivity index (χ0) is 17.5. The molecule has 2 fully saturated rings. The van der Waals surface area contributed by atoms with Crippen LogP contribution in [0.4, 0.5) is 11.4 Å². The Labute approximate surface area is 155 Å². The molecule has 3 rings (SSSR count). The summed E-state index contributed by atoms with van der Waals surface area (Å²) in [5.41, 5.74) is 10.2. The molecule has 25 heavy (non-hydrogen) atoms. The van der Waals surface area contributed by atoms with Gasteiger partial charge in [0.2, 0.25) is 0 Å². The average Bonchev–Trinajstić information content (AvgIpc) is 3.31. The van der Waals surface area contributed by atoms with E-state index in [9.17, 15) is 0 Å². The number of nitrogens with two attached hydrogens (primary N) is 1. The third-order valence-electron chi connectivity index (χ3n) is 6.37. The highest BCUT2D eigenvalue weighted by atomic mass is 15.2. The van der Waals surface area contributed by atoms with Gasteiger partial charge in [0.25, 0.3) is 0 Å². The number of rotatable bonds is 9. The van der Waals surface area contributed by atoms with Gasteiger partial charge in [0, 0.05) is 23.5 Å². The first-order chi connectivity index (χ1) is 12.3. The van der Waals surface area contributed by atoms with E-state index in [1.807, 2.05) is 0 Å². The summed E-state index contributed by atoms with van der Waals surface area (Å²) in [4.78, 5) is 2.83. The molecule has 1 aromatic rings. The summed E-state index contributed by atoms with van der Waals surface area (Å²) in [5, 5.41) is 0. The molecule has 0 unspecified atom stereocenters. The second-order valence-corrected chi connectivity index (χ2v) is 8.34. The van der Waals surface area contributed by atoms with Crippen LogP contribution in [0.5, 0.6) is 0 Å². The van der Waals surface area contributed by atoms with Crippen LogP contribution in [0.1, 0.15) is 96.0 Å². The van der Waals surface area contributed by atoms with Gasteiger partial charge >= 0.3 is 0 Å². The van der Waals surface area contributed by atoms with E-state index >= 15 is 0 Å². The zero-order valence-corrected chi connectivity index (χ0v) is 16.3. The predicted molar refractivity (Wildman–Crippen MR) is 110 cm³/mol. The first kappa shape index (κ1) is 18.6. The van der Waals surface area contributed by atoms with Gasteiger partial charge in [-0.25, -0.2) is 0 Å². The van der Waals surface area contributed by atoms with Gasteiger partial charge in [-0.3, -0.25) is 0 Å². The van der Waals surface area contributed by atoms with Crippen molar-refractivity contribution in [3.05, 3.63) is 23.8 Å². The van der Waals surface area contributed by atoms with E-state index in [0.717, 1.165) is 17.8 Å². The summed E-state index contributed by atoms with van der Waals surface area (Å²) in [5.74, 6) is 0. The summed E-state index contributed by atoms with van der Waals surface area (Å²) in [6, 6.07) is 8.23. The Balaban J connectivity index is 1.77. The highest BCUT2D eigenvalue weighted by molar-refractivity contribution is 5.62. The Morgan fingerprint density at radius 3 is 2.08 bits per heavy atom. The average molecular weight is 343 g/mol. The molecule has 2 nitrogen and oxygen atoms in total. The molecule has 0 amide bonds. The Morgan fingerprint density at radius 2 is 1.48 bits per heavy atom. The lowest BCUT2D eigenvalue weighted by atomic mass is 9.99. The SMILES string of the molecule is CCCCCCCc1ccc(N)cc1N(C1CCCC1)C1CCCC1. The van der Waals surface area contributed by atoms with Crippen molar-refractivity contribution < 1.29 is 0 Å². The molecule has 2 aliphatic rings. The van der Waals surface area contributed by atoms with Crippen molar-refractivity contribution in [1.82, 2.24) is 0 Å². The minimum atomic E-state index is 0.753. The molecule has 2 N–H and O–H groups in total. The summed E-state index contributed by atoms with van der Waals surface area (Å²) in [7, 11) is 0. The van der Waals surface area contributed by atoms with Crippen LogP contribution in [0.2, 0.25) is 0 Å². The monoisotopic (exact) mass is 342 g/mol. The molecular formula is C23H38N2. The van der Waals surface area contributed by atoms with Crippen LogP contribution in [0.3, 0.4) is 0 Å². The molecule has 0 aliphatic heterocycles. The van der Waals surface area contributed by atoms with Gasteiger partial charge in [-0.2, -0.15) is 0 Å². The van der Waals surface area contributed by atoms with Crippen molar-refractivity contribution in [2.45, 2.75) is 109 Å². The van der Waals surface area contributed by atoms with Gasteiger partial charge in [-0.05, 0) is 56.2 Å². The predicted octanol–water partition coefficient (Wildman–Crippen LogP) is 6.47. The van der Waals surface area contributed by atoms with E-state index < -0.39 is 0 Å². The lowest BCUT2D eigenvalue weighted by Crippen LogP contribution is -2.41. The smallest absolute Gasteiger partial charge is 0.0424 e. The first-order valence-electron chi connectivity index (χ1n) is 11.0. The number of hydrogen-bond acceptors (Lipinski definition) is 2. The molecule has 0 bridgehead atoms. The number of aryl methyl sites for hydroxylation is 1. The Hall–Kier alpha value is -1.18. The Bertz CT molecular complexity index is 497. The zero-order valence-electron chi connectivity index (χ0n) is 16.3. The van der Waals surface area contributed by atoms with Crippen molar-refractivity contribution in [2.75, 3.05) is 10.6 Å². The van der Waals surface area contributed by atoms with E-state index in [0.29, 0.717) is 0 Å². The Morgan fingerprint density at radius 1 is 0.880 bits per heavy atom. The molecule has 0 saturated heterocycles. The highest BCUT2D eigenvalue weighted by Crippen LogP contribution is 2.38. The van der Waals surface area contributed by atoms with Gasteiger partial charge in [0.1, 0.15) is 0 Å². The van der Waals surface area contributed by atoms with Gasteiger partial charge in [-0.15, -0.1) is 0 Å². The number of nitrogens with zero attached hydrogens (tertiary/aromatic N) is 1. The second kappa shape index (κ2) is 9.50. The molecule has 1 aromatic carbocycles. The molecule has 0 radical (unpaired) electrons. The van der Waals surface area contributed by atoms with Crippen LogP contribution in [-0.2, 0) is 6.42 Å². The van der Waals surface area contributed by atoms with Crippen LogP contribution < -0.4 is 10.6 Å². The lowest BCUT2D eigenvalue weighted by molar-refractivity contribution is 0.511. The van der Waals surface area contributed by atoms with E-state index in [1.165, 1.54) is 95.6 Å². The topological polar surface area (TPSA) is 29.3 Å². The molecule has 140 valence electrons. The quantitative estimate of drug-likeness (QED) is 0.411. The van der Waals surface area contributed by atoms with Gasteiger partial charge in [0.05, 0.1) is 0 Å². The van der Waals surface area contributed by atoms with E-state index in [1.54, 1.807) is 5.56 Å². The normalized spacial score (nSPS) is 18.9. The van der Waals surface area contributed by atoms with Gasteiger partial charge in [0.15, 0.2) is 0 Å². The molecule has 2 heteroatoms. The van der Waals surface area contributed by atoms with Crippen molar-refractivity contribution in [2.24, 2.45) is 0 Å². The fourth-order valence-corrected chi connectivity index (χ4v) is 5.01. The summed E-state index contributed by atoms with van der Waals surface area (Å²) >= 11 is 0. The lowest BCUT2D eigenvalue weighted by Gasteiger charge is -2.38. The number of hydrogen-bond donors (Lipinski definition) is 1. The molecule has 2 saturated carbocycles. The van der Waals surface area contributed by atoms with Crippen LogP contribution in [-0.4, -0.2) is 12.1 Å². The Kier molecular flexibility index (Phi) is 7.07. The van der Waals surface area contributed by atoms with Crippen LogP contribution in [0.15, 0.2) is 18.2 Å². The number of benzene rings is 1. The van der Waals surface area contributed by atoms with Gasteiger partial charge in [-0.1, -0.05) is 64.4 Å². The maximum atomic E-state index is 6.23. The molecule has 0 aromatic heterocycles. The van der Waals surface area contributed by atoms with Crippen molar-refractivity contribution >= 4 is 11.4 Å². The van der Waals surface area contributed by atoms with E-state index in [4.69, 9.17) is 5.73 Å². The van der Waals surface area contributed by atoms with Crippen LogP contribution in [0, 0.1) is 0 Å². The summed E-state index contributed by atoms with van der Waals surface area (Å²) in [6.07, 6.45) is 19.1. The summed E-state index contributed by atoms with van der Waals surface area (Å²) < 4.78 is 0. The first-order valence-corrected chi connectivity index (χ1v) is 11.0. The molecular weight excluding hydrogens is 304 g/mol. The van der Waals surface area contributed by atoms with Crippen LogP contribution >= 0.6 is 0 Å². The van der Waals surface area contributed by atoms with Crippen molar-refractivity contribution in [3.8, 4) is 0 Å². The van der Waals surface area contributed by atoms with Crippen molar-refractivity contribution in [1.29, 1.82) is 0 Å². The second-order valence-electron chi connectivity index (χ2n) is 8.34. The van der Waals surface area contributed by atoms with Gasteiger partial charge < -0.3 is 10.6 Å². The number of nitrogen functional groups attached to an aromatic ring is 1. The molecule has 2 aliphatic carbocycles.